The number of hydrogen-bond acceptors (Lipinski definition) is 5. The van der Waals surface area contributed by atoms with E-state index in [1.807, 2.05) is 44.2 Å². The quantitative estimate of drug-likeness (QED) is 0.607. The van der Waals surface area contributed by atoms with Gasteiger partial charge in [-0.2, -0.15) is 0 Å². The molecule has 6 nitrogen and oxygen atoms in total. The van der Waals surface area contributed by atoms with Crippen molar-refractivity contribution in [2.75, 3.05) is 16.6 Å². The first-order chi connectivity index (χ1) is 13.4. The van der Waals surface area contributed by atoms with Crippen LogP contribution in [0.1, 0.15) is 18.1 Å². The van der Waals surface area contributed by atoms with Crippen LogP contribution < -0.4 is 14.8 Å². The van der Waals surface area contributed by atoms with Gasteiger partial charge in [0.25, 0.3) is 10.0 Å². The van der Waals surface area contributed by atoms with Crippen LogP contribution in [0.5, 0.6) is 5.75 Å². The number of nitrogens with one attached hydrogen (secondary N) is 2. The molecule has 2 aromatic carbocycles. The number of nitrogens with zero attached hydrogens (tertiary/aromatic N) is 1. The van der Waals surface area contributed by atoms with Crippen LogP contribution in [-0.4, -0.2) is 20.0 Å². The van der Waals surface area contributed by atoms with Crippen molar-refractivity contribution in [3.63, 3.8) is 0 Å². The van der Waals surface area contributed by atoms with Crippen molar-refractivity contribution >= 4 is 27.2 Å². The lowest BCUT2D eigenvalue weighted by Crippen LogP contribution is -2.15. The molecular formula is C21H23N3O3S. The van der Waals surface area contributed by atoms with Crippen LogP contribution in [0.25, 0.3) is 0 Å². The summed E-state index contributed by atoms with van der Waals surface area (Å²) in [6, 6.07) is 16.2. The molecule has 0 aliphatic carbocycles. The molecule has 28 heavy (non-hydrogen) atoms. The fourth-order valence-electron chi connectivity index (χ4n) is 2.79. The van der Waals surface area contributed by atoms with Gasteiger partial charge in [-0.25, -0.2) is 13.4 Å². The zero-order chi connectivity index (χ0) is 20.1. The number of sulfonamides is 1. The van der Waals surface area contributed by atoms with Crippen molar-refractivity contribution in [2.45, 2.75) is 25.7 Å². The van der Waals surface area contributed by atoms with Crippen LogP contribution in [0.3, 0.4) is 0 Å². The minimum absolute atomic E-state index is 0.247. The lowest BCUT2D eigenvalue weighted by Gasteiger charge is -2.11. The van der Waals surface area contributed by atoms with Crippen LogP contribution in [-0.2, 0) is 10.0 Å². The van der Waals surface area contributed by atoms with E-state index in [4.69, 9.17) is 4.74 Å². The van der Waals surface area contributed by atoms with Gasteiger partial charge in [0.1, 0.15) is 11.6 Å². The molecule has 3 aromatic rings. The zero-order valence-corrected chi connectivity index (χ0v) is 16.9. The predicted octanol–water partition coefficient (Wildman–Crippen LogP) is 4.64. The van der Waals surface area contributed by atoms with E-state index in [0.29, 0.717) is 12.2 Å². The molecule has 0 unspecified atom stereocenters. The highest BCUT2D eigenvalue weighted by Gasteiger charge is 2.17. The number of ether oxygens (including phenoxy) is 1. The van der Waals surface area contributed by atoms with Crippen molar-refractivity contribution in [1.82, 2.24) is 4.98 Å². The van der Waals surface area contributed by atoms with E-state index in [9.17, 15) is 8.42 Å². The van der Waals surface area contributed by atoms with Crippen molar-refractivity contribution in [3.8, 4) is 5.75 Å². The van der Waals surface area contributed by atoms with Crippen molar-refractivity contribution < 1.29 is 13.2 Å². The molecule has 7 heteroatoms. The largest absolute Gasteiger partial charge is 0.494 e. The minimum atomic E-state index is -3.69. The molecule has 1 heterocycles. The number of pyridine rings is 1. The summed E-state index contributed by atoms with van der Waals surface area (Å²) in [5.41, 5.74) is 3.34. The molecule has 0 radical (unpaired) electrons. The summed E-state index contributed by atoms with van der Waals surface area (Å²) in [5.74, 6) is 1.07. The van der Waals surface area contributed by atoms with Gasteiger partial charge in [0, 0.05) is 5.69 Å². The molecule has 3 rings (SSSR count). The molecule has 0 atom stereocenters. The molecule has 0 aliphatic heterocycles. The van der Waals surface area contributed by atoms with Gasteiger partial charge in [0.2, 0.25) is 0 Å². The third-order valence-corrected chi connectivity index (χ3v) is 5.59. The molecule has 0 saturated carbocycles. The van der Waals surface area contributed by atoms with E-state index in [1.54, 1.807) is 37.4 Å². The van der Waals surface area contributed by atoms with E-state index in [-0.39, 0.29) is 10.7 Å². The molecule has 0 bridgehead atoms. The van der Waals surface area contributed by atoms with Crippen LogP contribution in [0.4, 0.5) is 17.2 Å². The van der Waals surface area contributed by atoms with E-state index >= 15 is 0 Å². The standard InChI is InChI=1S/C21H23N3O3S/c1-4-27-19-9-6-17(7-10-19)23-18-8-12-21(22-14-18)24-28(25,26)20-11-5-15(2)13-16(20)3/h5-14,23H,4H2,1-3H3,(H,22,24). The highest BCUT2D eigenvalue weighted by Crippen LogP contribution is 2.22. The van der Waals surface area contributed by atoms with Gasteiger partial charge in [-0.3, -0.25) is 4.72 Å². The Balaban J connectivity index is 1.70. The summed E-state index contributed by atoms with van der Waals surface area (Å²) in [6.45, 7) is 6.26. The second kappa shape index (κ2) is 8.31. The third kappa shape index (κ3) is 4.80. The Morgan fingerprint density at radius 1 is 0.964 bits per heavy atom. The number of rotatable bonds is 7. The van der Waals surface area contributed by atoms with E-state index in [2.05, 4.69) is 15.0 Å². The molecular weight excluding hydrogens is 374 g/mol. The van der Waals surface area contributed by atoms with Crippen molar-refractivity contribution in [1.29, 1.82) is 0 Å². The minimum Gasteiger partial charge on any atom is -0.494 e. The van der Waals surface area contributed by atoms with Gasteiger partial charge in [0.05, 0.1) is 23.4 Å². The Hall–Kier alpha value is -3.06. The maximum absolute atomic E-state index is 12.6. The number of aromatic nitrogens is 1. The van der Waals surface area contributed by atoms with Gasteiger partial charge >= 0.3 is 0 Å². The third-order valence-electron chi connectivity index (χ3n) is 4.08. The summed E-state index contributed by atoms with van der Waals surface area (Å²) >= 11 is 0. The summed E-state index contributed by atoms with van der Waals surface area (Å²) in [6.07, 6.45) is 1.58. The topological polar surface area (TPSA) is 80.3 Å². The van der Waals surface area contributed by atoms with Crippen LogP contribution in [0.2, 0.25) is 0 Å². The highest BCUT2D eigenvalue weighted by atomic mass is 32.2. The molecule has 146 valence electrons. The van der Waals surface area contributed by atoms with E-state index < -0.39 is 10.0 Å². The molecule has 0 amide bonds. The Morgan fingerprint density at radius 3 is 2.29 bits per heavy atom. The second-order valence-electron chi connectivity index (χ2n) is 6.39. The number of benzene rings is 2. The van der Waals surface area contributed by atoms with Gasteiger partial charge < -0.3 is 10.1 Å². The maximum atomic E-state index is 12.6. The maximum Gasteiger partial charge on any atom is 0.263 e. The predicted molar refractivity (Wildman–Crippen MR) is 112 cm³/mol. The first kappa shape index (κ1) is 19.7. The molecule has 0 fully saturated rings. The number of aryl methyl sites for hydroxylation is 2. The summed E-state index contributed by atoms with van der Waals surface area (Å²) in [5, 5.41) is 3.22. The molecule has 0 spiro atoms. The summed E-state index contributed by atoms with van der Waals surface area (Å²) in [4.78, 5) is 4.45. The SMILES string of the molecule is CCOc1ccc(Nc2ccc(NS(=O)(=O)c3ccc(C)cc3C)nc2)cc1. The van der Waals surface area contributed by atoms with Gasteiger partial charge in [-0.05, 0) is 68.8 Å². The lowest BCUT2D eigenvalue weighted by molar-refractivity contribution is 0.340. The van der Waals surface area contributed by atoms with Crippen molar-refractivity contribution in [3.05, 3.63) is 71.9 Å². The smallest absolute Gasteiger partial charge is 0.263 e. The van der Waals surface area contributed by atoms with Crippen molar-refractivity contribution in [2.24, 2.45) is 0 Å². The number of hydrogen-bond donors (Lipinski definition) is 2. The van der Waals surface area contributed by atoms with Crippen LogP contribution in [0, 0.1) is 13.8 Å². The van der Waals surface area contributed by atoms with Crippen LogP contribution in [0.15, 0.2) is 65.7 Å². The van der Waals surface area contributed by atoms with E-state index in [1.165, 1.54) is 0 Å². The van der Waals surface area contributed by atoms with Gasteiger partial charge in [-0.1, -0.05) is 17.7 Å². The molecule has 0 saturated heterocycles. The van der Waals surface area contributed by atoms with E-state index in [0.717, 1.165) is 22.7 Å². The Bertz CT molecular complexity index is 1050. The summed E-state index contributed by atoms with van der Waals surface area (Å²) in [7, 11) is -3.69. The van der Waals surface area contributed by atoms with Gasteiger partial charge in [-0.15, -0.1) is 0 Å². The molecule has 1 aromatic heterocycles. The monoisotopic (exact) mass is 397 g/mol. The van der Waals surface area contributed by atoms with Crippen LogP contribution >= 0.6 is 0 Å². The fourth-order valence-corrected chi connectivity index (χ4v) is 4.03. The Kier molecular flexibility index (Phi) is 5.84. The fraction of sp³-hybridized carbons (Fsp3) is 0.190. The summed E-state index contributed by atoms with van der Waals surface area (Å²) < 4.78 is 33.2. The zero-order valence-electron chi connectivity index (χ0n) is 16.1. The first-order valence-electron chi connectivity index (χ1n) is 8.93. The number of anilines is 3. The first-order valence-corrected chi connectivity index (χ1v) is 10.4. The second-order valence-corrected chi connectivity index (χ2v) is 8.04. The Morgan fingerprint density at radius 2 is 1.68 bits per heavy atom. The van der Waals surface area contributed by atoms with Gasteiger partial charge in [0.15, 0.2) is 0 Å². The average Bonchev–Trinajstić information content (AvgIpc) is 2.64. The molecule has 2 N–H and O–H groups in total. The Labute approximate surface area is 165 Å². The lowest BCUT2D eigenvalue weighted by atomic mass is 10.2. The highest BCUT2D eigenvalue weighted by molar-refractivity contribution is 7.92. The average molecular weight is 398 g/mol. The molecule has 0 aliphatic rings. The normalized spacial score (nSPS) is 11.1.